The lowest BCUT2D eigenvalue weighted by molar-refractivity contribution is -0.131. The van der Waals surface area contributed by atoms with Gasteiger partial charge in [0.25, 0.3) is 5.89 Å². The first-order valence-electron chi connectivity index (χ1n) is 9.06. The summed E-state index contributed by atoms with van der Waals surface area (Å²) in [5, 5.41) is 8.16. The number of likely N-dealkylation sites (tertiary alicyclic amines) is 1. The Morgan fingerprint density at radius 2 is 2.11 bits per heavy atom. The lowest BCUT2D eigenvalue weighted by Gasteiger charge is -2.31. The molecule has 0 saturated carbocycles. The Morgan fingerprint density at radius 1 is 1.21 bits per heavy atom. The van der Waals surface area contributed by atoms with E-state index in [4.69, 9.17) is 4.42 Å². The molecule has 1 aliphatic rings. The Labute approximate surface area is 160 Å². The third kappa shape index (κ3) is 3.90. The number of hydrogen-bond acceptors (Lipinski definition) is 5. The molecule has 8 heteroatoms. The molecule has 144 valence electrons. The molecule has 0 bridgehead atoms. The van der Waals surface area contributed by atoms with Gasteiger partial charge in [0.2, 0.25) is 11.8 Å². The minimum absolute atomic E-state index is 0.0577. The standard InChI is InChI=1S/C20H18F2N4O2/c21-15-6-7-16(22)14(10-15)11-18(27)26-9-3-4-13(12-26)19-24-25-20(28-19)17-5-1-2-8-23-17/h1-2,5-8,10,13H,3-4,9,11-12H2. The average Bonchev–Trinajstić information content (AvgIpc) is 3.22. The Bertz CT molecular complexity index is 977. The van der Waals surface area contributed by atoms with Crippen LogP contribution < -0.4 is 0 Å². The number of nitrogens with zero attached hydrogens (tertiary/aromatic N) is 4. The van der Waals surface area contributed by atoms with E-state index in [9.17, 15) is 13.6 Å². The maximum Gasteiger partial charge on any atom is 0.266 e. The second-order valence-corrected chi connectivity index (χ2v) is 6.75. The first-order chi connectivity index (χ1) is 13.6. The third-order valence-electron chi connectivity index (χ3n) is 4.80. The SMILES string of the molecule is O=C(Cc1cc(F)ccc1F)N1CCCC(c2nnc(-c3ccccn3)o2)C1. The Kier molecular flexibility index (Phi) is 5.10. The highest BCUT2D eigenvalue weighted by molar-refractivity contribution is 5.79. The predicted molar refractivity (Wildman–Crippen MR) is 96.1 cm³/mol. The van der Waals surface area contributed by atoms with Crippen LogP contribution in [0.4, 0.5) is 8.78 Å². The zero-order valence-corrected chi connectivity index (χ0v) is 15.0. The lowest BCUT2D eigenvalue weighted by Crippen LogP contribution is -2.40. The van der Waals surface area contributed by atoms with Crippen LogP contribution in [-0.2, 0) is 11.2 Å². The van der Waals surface area contributed by atoms with Gasteiger partial charge in [0, 0.05) is 24.8 Å². The number of piperidine rings is 1. The van der Waals surface area contributed by atoms with Crippen LogP contribution in [0.25, 0.3) is 11.6 Å². The monoisotopic (exact) mass is 384 g/mol. The van der Waals surface area contributed by atoms with Crippen molar-refractivity contribution in [1.82, 2.24) is 20.1 Å². The van der Waals surface area contributed by atoms with Crippen LogP contribution in [0.3, 0.4) is 0 Å². The fourth-order valence-corrected chi connectivity index (χ4v) is 3.35. The maximum atomic E-state index is 13.8. The van der Waals surface area contributed by atoms with Gasteiger partial charge in [-0.05, 0) is 43.2 Å². The van der Waals surface area contributed by atoms with E-state index in [1.165, 1.54) is 0 Å². The molecule has 6 nitrogen and oxygen atoms in total. The first kappa shape index (κ1) is 18.2. The Morgan fingerprint density at radius 3 is 2.93 bits per heavy atom. The van der Waals surface area contributed by atoms with Crippen LogP contribution in [0, 0.1) is 11.6 Å². The number of halogens is 2. The van der Waals surface area contributed by atoms with Gasteiger partial charge in [0.15, 0.2) is 0 Å². The molecule has 0 N–H and O–H groups in total. The van der Waals surface area contributed by atoms with Crippen LogP contribution in [-0.4, -0.2) is 39.1 Å². The van der Waals surface area contributed by atoms with Gasteiger partial charge < -0.3 is 9.32 Å². The third-order valence-corrected chi connectivity index (χ3v) is 4.80. The molecule has 1 aromatic carbocycles. The number of amides is 1. The topological polar surface area (TPSA) is 72.1 Å². The summed E-state index contributed by atoms with van der Waals surface area (Å²) in [5.74, 6) is -0.705. The summed E-state index contributed by atoms with van der Waals surface area (Å²) in [6.07, 6.45) is 3.04. The largest absolute Gasteiger partial charge is 0.419 e. The van der Waals surface area contributed by atoms with Crippen LogP contribution in [0.15, 0.2) is 47.0 Å². The van der Waals surface area contributed by atoms with E-state index in [1.807, 2.05) is 6.07 Å². The molecule has 2 aromatic heterocycles. The summed E-state index contributed by atoms with van der Waals surface area (Å²) in [4.78, 5) is 18.4. The average molecular weight is 384 g/mol. The molecule has 0 radical (unpaired) electrons. The minimum atomic E-state index is -0.583. The van der Waals surface area contributed by atoms with E-state index < -0.39 is 11.6 Å². The van der Waals surface area contributed by atoms with Crippen molar-refractivity contribution < 1.29 is 18.0 Å². The van der Waals surface area contributed by atoms with Crippen LogP contribution >= 0.6 is 0 Å². The van der Waals surface area contributed by atoms with Crippen LogP contribution in [0.1, 0.15) is 30.2 Å². The molecule has 1 atom stereocenters. The quantitative estimate of drug-likeness (QED) is 0.690. The zero-order valence-electron chi connectivity index (χ0n) is 15.0. The summed E-state index contributed by atoms with van der Waals surface area (Å²) < 4.78 is 32.9. The number of aromatic nitrogens is 3. The molecule has 1 amide bonds. The van der Waals surface area contributed by atoms with E-state index in [0.717, 1.165) is 31.0 Å². The van der Waals surface area contributed by atoms with Crippen molar-refractivity contribution in [3.63, 3.8) is 0 Å². The fraction of sp³-hybridized carbons (Fsp3) is 0.300. The van der Waals surface area contributed by atoms with E-state index in [-0.39, 0.29) is 23.8 Å². The predicted octanol–water partition coefficient (Wildman–Crippen LogP) is 3.36. The van der Waals surface area contributed by atoms with Crippen LogP contribution in [0.2, 0.25) is 0 Å². The second-order valence-electron chi connectivity index (χ2n) is 6.75. The van der Waals surface area contributed by atoms with Crippen molar-refractivity contribution in [2.75, 3.05) is 13.1 Å². The molecular weight excluding hydrogens is 366 g/mol. The number of hydrogen-bond donors (Lipinski definition) is 0. The van der Waals surface area contributed by atoms with E-state index in [2.05, 4.69) is 15.2 Å². The molecule has 28 heavy (non-hydrogen) atoms. The van der Waals surface area contributed by atoms with Gasteiger partial charge in [-0.15, -0.1) is 10.2 Å². The molecule has 1 unspecified atom stereocenters. The number of carbonyl (C=O) groups is 1. The fourth-order valence-electron chi connectivity index (χ4n) is 3.35. The van der Waals surface area contributed by atoms with Gasteiger partial charge in [0.05, 0.1) is 12.3 Å². The molecular formula is C20H18F2N4O2. The normalized spacial score (nSPS) is 16.9. The summed E-state index contributed by atoms with van der Waals surface area (Å²) in [7, 11) is 0. The molecule has 4 rings (SSSR count). The van der Waals surface area contributed by atoms with Gasteiger partial charge >= 0.3 is 0 Å². The number of rotatable bonds is 4. The molecule has 1 aliphatic heterocycles. The highest BCUT2D eigenvalue weighted by Gasteiger charge is 2.29. The highest BCUT2D eigenvalue weighted by atomic mass is 19.1. The molecule has 3 heterocycles. The minimum Gasteiger partial charge on any atom is -0.419 e. The van der Waals surface area contributed by atoms with Crippen molar-refractivity contribution in [2.45, 2.75) is 25.2 Å². The summed E-state index contributed by atoms with van der Waals surface area (Å²) in [6, 6.07) is 8.54. The smallest absolute Gasteiger partial charge is 0.266 e. The Balaban J connectivity index is 1.45. The number of carbonyl (C=O) groups excluding carboxylic acids is 1. The van der Waals surface area contributed by atoms with E-state index in [0.29, 0.717) is 30.6 Å². The zero-order chi connectivity index (χ0) is 19.5. The van der Waals surface area contributed by atoms with Crippen molar-refractivity contribution >= 4 is 5.91 Å². The highest BCUT2D eigenvalue weighted by Crippen LogP contribution is 2.28. The van der Waals surface area contributed by atoms with E-state index in [1.54, 1.807) is 23.2 Å². The van der Waals surface area contributed by atoms with Gasteiger partial charge in [-0.3, -0.25) is 9.78 Å². The van der Waals surface area contributed by atoms with Crippen molar-refractivity contribution in [3.05, 3.63) is 65.7 Å². The molecule has 1 saturated heterocycles. The molecule has 3 aromatic rings. The second kappa shape index (κ2) is 7.84. The van der Waals surface area contributed by atoms with Gasteiger partial charge in [-0.25, -0.2) is 8.78 Å². The van der Waals surface area contributed by atoms with Gasteiger partial charge in [0.1, 0.15) is 17.3 Å². The van der Waals surface area contributed by atoms with Gasteiger partial charge in [-0.2, -0.15) is 0 Å². The van der Waals surface area contributed by atoms with Crippen molar-refractivity contribution in [3.8, 4) is 11.6 Å². The number of pyridine rings is 1. The molecule has 0 spiro atoms. The molecule has 0 aliphatic carbocycles. The van der Waals surface area contributed by atoms with Crippen LogP contribution in [0.5, 0.6) is 0 Å². The summed E-state index contributed by atoms with van der Waals surface area (Å²) >= 11 is 0. The van der Waals surface area contributed by atoms with Crippen molar-refractivity contribution in [1.29, 1.82) is 0 Å². The maximum absolute atomic E-state index is 13.8. The van der Waals surface area contributed by atoms with Gasteiger partial charge in [-0.1, -0.05) is 6.07 Å². The lowest BCUT2D eigenvalue weighted by atomic mass is 9.97. The van der Waals surface area contributed by atoms with Crippen molar-refractivity contribution in [2.24, 2.45) is 0 Å². The van der Waals surface area contributed by atoms with E-state index >= 15 is 0 Å². The first-order valence-corrected chi connectivity index (χ1v) is 9.06. The summed E-state index contributed by atoms with van der Waals surface area (Å²) in [5.41, 5.74) is 0.647. The Hall–Kier alpha value is -3.16. The molecule has 1 fully saturated rings. The number of benzene rings is 1. The summed E-state index contributed by atoms with van der Waals surface area (Å²) in [6.45, 7) is 0.965.